The maximum atomic E-state index is 10.6. The fraction of sp³-hybridized carbons (Fsp3) is 0.133. The fourth-order valence-corrected chi connectivity index (χ4v) is 4.55. The Morgan fingerprint density at radius 2 is 2.18 bits per heavy atom. The first-order valence-corrected chi connectivity index (χ1v) is 9.04. The van der Waals surface area contributed by atoms with Crippen molar-refractivity contribution in [2.24, 2.45) is 5.73 Å². The first kappa shape index (κ1) is 15.2. The third-order valence-corrected chi connectivity index (χ3v) is 6.22. The Morgan fingerprint density at radius 3 is 2.82 bits per heavy atom. The molecule has 0 radical (unpaired) electrons. The number of thiophene rings is 1. The Balaban J connectivity index is 2.13. The van der Waals surface area contributed by atoms with Gasteiger partial charge in [-0.1, -0.05) is 12.2 Å². The monoisotopic (exact) mass is 350 g/mol. The fourth-order valence-electron chi connectivity index (χ4n) is 2.35. The van der Waals surface area contributed by atoms with Crippen molar-refractivity contribution >= 4 is 56.1 Å². The van der Waals surface area contributed by atoms with Crippen LogP contribution in [0.15, 0.2) is 39.9 Å². The van der Waals surface area contributed by atoms with Gasteiger partial charge in [-0.15, -0.1) is 11.3 Å². The van der Waals surface area contributed by atoms with Crippen molar-refractivity contribution in [3.05, 3.63) is 47.0 Å². The lowest BCUT2D eigenvalue weighted by molar-refractivity contribution is 0.728. The number of hydrogen-bond acceptors (Lipinski definition) is 2. The van der Waals surface area contributed by atoms with Gasteiger partial charge in [0.05, 0.1) is 16.9 Å². The number of fused-ring (bicyclic) bond motifs is 1. The van der Waals surface area contributed by atoms with Crippen LogP contribution in [0.5, 0.6) is 0 Å². The van der Waals surface area contributed by atoms with Gasteiger partial charge in [0.2, 0.25) is 0 Å². The van der Waals surface area contributed by atoms with Crippen LogP contribution in [0.3, 0.4) is 0 Å². The molecule has 0 fully saturated rings. The van der Waals surface area contributed by atoms with Crippen LogP contribution in [0.1, 0.15) is 11.3 Å². The van der Waals surface area contributed by atoms with Gasteiger partial charge in [0, 0.05) is 12.4 Å². The zero-order chi connectivity index (χ0) is 15.9. The summed E-state index contributed by atoms with van der Waals surface area (Å²) in [5.41, 5.74) is 9.43. The SMILES string of the molecule is Cc1cc(N(C)S(=[OH+])c2cccs2)c2[nH]c(C(N)=S)cc2c1. The van der Waals surface area contributed by atoms with E-state index >= 15 is 0 Å². The van der Waals surface area contributed by atoms with Crippen LogP contribution in [0.25, 0.3) is 10.9 Å². The van der Waals surface area contributed by atoms with Gasteiger partial charge in [-0.2, -0.15) is 0 Å². The summed E-state index contributed by atoms with van der Waals surface area (Å²) in [6.07, 6.45) is 0. The summed E-state index contributed by atoms with van der Waals surface area (Å²) >= 11 is 6.59. The molecule has 3 rings (SSSR count). The molecule has 4 nitrogen and oxygen atoms in total. The molecule has 0 bridgehead atoms. The van der Waals surface area contributed by atoms with Crippen LogP contribution in [0.4, 0.5) is 5.69 Å². The second kappa shape index (κ2) is 5.83. The largest absolute Gasteiger partial charge is 0.388 e. The van der Waals surface area contributed by atoms with Gasteiger partial charge >= 0.3 is 11.0 Å². The minimum Gasteiger partial charge on any atom is -0.388 e. The molecule has 4 N–H and O–H groups in total. The lowest BCUT2D eigenvalue weighted by Gasteiger charge is -2.15. The molecule has 0 saturated heterocycles. The van der Waals surface area contributed by atoms with Gasteiger partial charge in [-0.25, -0.2) is 8.51 Å². The molecule has 0 spiro atoms. The molecular weight excluding hydrogens is 334 g/mol. The van der Waals surface area contributed by atoms with Gasteiger partial charge in [-0.05, 0) is 48.2 Å². The molecule has 0 saturated carbocycles. The normalized spacial score (nSPS) is 12.5. The average molecular weight is 351 g/mol. The molecule has 1 unspecified atom stereocenters. The predicted molar refractivity (Wildman–Crippen MR) is 99.2 cm³/mol. The second-order valence-corrected chi connectivity index (χ2v) is 8.15. The summed E-state index contributed by atoms with van der Waals surface area (Å²) in [6, 6.07) is 9.95. The van der Waals surface area contributed by atoms with Crippen LogP contribution in [0, 0.1) is 6.92 Å². The minimum absolute atomic E-state index is 0.337. The molecule has 0 amide bonds. The Kier molecular flexibility index (Phi) is 4.03. The number of benzene rings is 1. The molecule has 2 aromatic heterocycles. The van der Waals surface area contributed by atoms with Crippen LogP contribution < -0.4 is 10.0 Å². The van der Waals surface area contributed by atoms with Crippen molar-refractivity contribution in [2.75, 3.05) is 11.4 Å². The van der Waals surface area contributed by atoms with Crippen LogP contribution in [0.2, 0.25) is 0 Å². The van der Waals surface area contributed by atoms with E-state index in [2.05, 4.69) is 11.1 Å². The van der Waals surface area contributed by atoms with Crippen LogP contribution in [-0.4, -0.2) is 21.2 Å². The number of aromatic nitrogens is 1. The number of H-pyrrole nitrogens is 1. The van der Waals surface area contributed by atoms with Crippen LogP contribution in [-0.2, 0) is 11.0 Å². The van der Waals surface area contributed by atoms with E-state index in [1.165, 1.54) is 0 Å². The lowest BCUT2D eigenvalue weighted by atomic mass is 10.1. The van der Waals surface area contributed by atoms with Crippen molar-refractivity contribution in [1.82, 2.24) is 4.98 Å². The molecular formula is C15H16N3OS3+. The molecule has 0 aliphatic rings. The molecule has 22 heavy (non-hydrogen) atoms. The van der Waals surface area contributed by atoms with Gasteiger partial charge in [-0.3, -0.25) is 0 Å². The number of hydrogen-bond donors (Lipinski definition) is 2. The summed E-state index contributed by atoms with van der Waals surface area (Å²) < 4.78 is 13.4. The third kappa shape index (κ3) is 2.67. The first-order chi connectivity index (χ1) is 10.5. The minimum atomic E-state index is -0.996. The quantitative estimate of drug-likeness (QED) is 0.559. The smallest absolute Gasteiger partial charge is 0.335 e. The van der Waals surface area contributed by atoms with E-state index in [0.717, 1.165) is 32.1 Å². The number of anilines is 1. The topological polar surface area (TPSA) is 66.5 Å². The summed E-state index contributed by atoms with van der Waals surface area (Å²) in [5.74, 6) is 0. The van der Waals surface area contributed by atoms with E-state index in [1.54, 1.807) is 11.3 Å². The van der Waals surface area contributed by atoms with Crippen molar-refractivity contribution in [3.63, 3.8) is 0 Å². The number of aromatic amines is 1. The van der Waals surface area contributed by atoms with Gasteiger partial charge in [0.15, 0.2) is 4.21 Å². The zero-order valence-electron chi connectivity index (χ0n) is 12.2. The molecule has 1 aromatic carbocycles. The van der Waals surface area contributed by atoms with Crippen LogP contribution >= 0.6 is 23.6 Å². The summed E-state index contributed by atoms with van der Waals surface area (Å²) in [5, 5.41) is 3.00. The van der Waals surface area contributed by atoms with Crippen molar-refractivity contribution in [2.45, 2.75) is 11.1 Å². The number of nitrogens with zero attached hydrogens (tertiary/aromatic N) is 1. The van der Waals surface area contributed by atoms with E-state index in [9.17, 15) is 4.21 Å². The Hall–Kier alpha value is -1.70. The van der Waals surface area contributed by atoms with E-state index in [1.807, 2.05) is 47.9 Å². The highest BCUT2D eigenvalue weighted by molar-refractivity contribution is 7.88. The molecule has 2 heterocycles. The number of nitrogens with two attached hydrogens (primary N) is 1. The number of nitrogens with one attached hydrogen (secondary N) is 1. The predicted octanol–water partition coefficient (Wildman–Crippen LogP) is 3.49. The maximum absolute atomic E-state index is 10.6. The highest BCUT2D eigenvalue weighted by Crippen LogP contribution is 2.31. The molecule has 3 aromatic rings. The van der Waals surface area contributed by atoms with E-state index < -0.39 is 11.0 Å². The second-order valence-electron chi connectivity index (χ2n) is 4.99. The molecule has 1 atom stereocenters. The molecule has 0 aliphatic carbocycles. The maximum Gasteiger partial charge on any atom is 0.335 e. The summed E-state index contributed by atoms with van der Waals surface area (Å²) in [7, 11) is 0.891. The standard InChI is InChI=1S/C15H15N3OS3/c1-9-6-10-8-11(15(16)20)17-14(10)12(7-9)18(2)22(19)13-4-3-5-21-13/h3-8,17H,1-2H3,(H2,16,20)/p+1. The molecule has 114 valence electrons. The van der Waals surface area contributed by atoms with Gasteiger partial charge < -0.3 is 10.7 Å². The summed E-state index contributed by atoms with van der Waals surface area (Å²) in [4.78, 5) is 3.60. The molecule has 0 aliphatic heterocycles. The Bertz CT molecular complexity index is 868. The number of aryl methyl sites for hydroxylation is 1. The van der Waals surface area contributed by atoms with E-state index in [-0.39, 0.29) is 0 Å². The van der Waals surface area contributed by atoms with Crippen molar-refractivity contribution < 1.29 is 4.21 Å². The average Bonchev–Trinajstić information content (AvgIpc) is 3.13. The molecule has 7 heteroatoms. The first-order valence-electron chi connectivity index (χ1n) is 6.61. The van der Waals surface area contributed by atoms with E-state index in [4.69, 9.17) is 18.0 Å². The highest BCUT2D eigenvalue weighted by Gasteiger charge is 2.22. The zero-order valence-corrected chi connectivity index (χ0v) is 14.6. The summed E-state index contributed by atoms with van der Waals surface area (Å²) in [6.45, 7) is 2.03. The van der Waals surface area contributed by atoms with E-state index in [0.29, 0.717) is 4.99 Å². The van der Waals surface area contributed by atoms with Gasteiger partial charge in [0.25, 0.3) is 0 Å². The van der Waals surface area contributed by atoms with Gasteiger partial charge in [0.1, 0.15) is 4.99 Å². The van der Waals surface area contributed by atoms with Crippen molar-refractivity contribution in [1.29, 1.82) is 0 Å². The third-order valence-electron chi connectivity index (χ3n) is 3.39. The number of thiocarbonyl (C=S) groups is 1. The highest BCUT2D eigenvalue weighted by atomic mass is 32.2. The van der Waals surface area contributed by atoms with Crippen molar-refractivity contribution in [3.8, 4) is 0 Å². The Labute approximate surface area is 140 Å². The number of rotatable bonds is 4. The Morgan fingerprint density at radius 1 is 1.41 bits per heavy atom. The lowest BCUT2D eigenvalue weighted by Crippen LogP contribution is -2.20.